The molecule has 0 spiro atoms. The fourth-order valence-electron chi connectivity index (χ4n) is 3.01. The van der Waals surface area contributed by atoms with E-state index in [2.05, 4.69) is 12.7 Å². The molecule has 2 aromatic rings. The van der Waals surface area contributed by atoms with Crippen LogP contribution in [0, 0.1) is 18.7 Å². The highest BCUT2D eigenvalue weighted by Crippen LogP contribution is 2.33. The van der Waals surface area contributed by atoms with Crippen LogP contribution in [0.1, 0.15) is 30.4 Å². The fourth-order valence-corrected chi connectivity index (χ4v) is 3.01. The zero-order valence-electron chi connectivity index (χ0n) is 13.0. The highest BCUT2D eigenvalue weighted by atomic mass is 19.1. The van der Waals surface area contributed by atoms with Gasteiger partial charge >= 0.3 is 0 Å². The molecule has 0 radical (unpaired) electrons. The minimum Gasteiger partial charge on any atom is -0.206 e. The first kappa shape index (κ1) is 14.8. The van der Waals surface area contributed by atoms with E-state index in [1.807, 2.05) is 49.4 Å². The Morgan fingerprint density at radius 2 is 1.82 bits per heavy atom. The van der Waals surface area contributed by atoms with Crippen molar-refractivity contribution in [3.8, 4) is 11.1 Å². The molecule has 0 saturated carbocycles. The number of halogens is 1. The topological polar surface area (TPSA) is 0 Å². The lowest BCUT2D eigenvalue weighted by Gasteiger charge is -2.19. The van der Waals surface area contributed by atoms with Gasteiger partial charge in [0.15, 0.2) is 0 Å². The second kappa shape index (κ2) is 6.31. The molecule has 0 saturated heterocycles. The maximum Gasteiger partial charge on any atom is 0.131 e. The number of aryl methyl sites for hydroxylation is 1. The van der Waals surface area contributed by atoms with Crippen molar-refractivity contribution in [3.63, 3.8) is 0 Å². The predicted molar refractivity (Wildman–Crippen MR) is 92.1 cm³/mol. The normalized spacial score (nSPS) is 17.9. The van der Waals surface area contributed by atoms with Crippen LogP contribution in [-0.4, -0.2) is 0 Å². The molecule has 0 amide bonds. The van der Waals surface area contributed by atoms with E-state index in [0.717, 1.165) is 30.4 Å². The Hall–Kier alpha value is -2.15. The van der Waals surface area contributed by atoms with Gasteiger partial charge in [-0.2, -0.15) is 0 Å². The van der Waals surface area contributed by atoms with E-state index in [1.54, 1.807) is 6.07 Å². The van der Waals surface area contributed by atoms with Crippen molar-refractivity contribution in [2.24, 2.45) is 5.92 Å². The molecule has 1 unspecified atom stereocenters. The van der Waals surface area contributed by atoms with Gasteiger partial charge in [-0.15, -0.1) is 6.58 Å². The van der Waals surface area contributed by atoms with Gasteiger partial charge in [0, 0.05) is 5.56 Å². The van der Waals surface area contributed by atoms with E-state index in [-0.39, 0.29) is 5.82 Å². The summed E-state index contributed by atoms with van der Waals surface area (Å²) in [6, 6.07) is 13.6. The number of benzene rings is 2. The van der Waals surface area contributed by atoms with E-state index in [0.29, 0.717) is 11.5 Å². The van der Waals surface area contributed by atoms with E-state index in [4.69, 9.17) is 0 Å². The average Bonchev–Trinajstić information content (AvgIpc) is 2.56. The van der Waals surface area contributed by atoms with Gasteiger partial charge in [0.2, 0.25) is 0 Å². The first-order valence-electron chi connectivity index (χ1n) is 7.86. The van der Waals surface area contributed by atoms with E-state index >= 15 is 0 Å². The lowest BCUT2D eigenvalue weighted by Crippen LogP contribution is -2.02. The summed E-state index contributed by atoms with van der Waals surface area (Å²) in [6.07, 6.45) is 7.38. The zero-order valence-corrected chi connectivity index (χ0v) is 13.0. The van der Waals surface area contributed by atoms with Gasteiger partial charge in [-0.25, -0.2) is 4.39 Å². The van der Waals surface area contributed by atoms with Crippen LogP contribution in [0.25, 0.3) is 16.7 Å². The molecule has 0 N–H and O–H groups in total. The third-order valence-corrected chi connectivity index (χ3v) is 4.49. The van der Waals surface area contributed by atoms with Crippen molar-refractivity contribution >= 4 is 5.57 Å². The van der Waals surface area contributed by atoms with Crippen LogP contribution in [0.5, 0.6) is 0 Å². The molecule has 0 bridgehead atoms. The molecule has 1 aliphatic rings. The Labute approximate surface area is 132 Å². The first-order chi connectivity index (χ1) is 10.7. The summed E-state index contributed by atoms with van der Waals surface area (Å²) < 4.78 is 14.5. The fraction of sp³-hybridized carbons (Fsp3) is 0.238. The molecule has 22 heavy (non-hydrogen) atoms. The van der Waals surface area contributed by atoms with E-state index in [1.165, 1.54) is 11.1 Å². The number of hydrogen-bond donors (Lipinski definition) is 0. The number of allylic oxidation sites excluding steroid dienone is 3. The number of hydrogen-bond acceptors (Lipinski definition) is 0. The third kappa shape index (κ3) is 3.04. The molecule has 0 aliphatic heterocycles. The van der Waals surface area contributed by atoms with Crippen molar-refractivity contribution in [2.45, 2.75) is 26.2 Å². The van der Waals surface area contributed by atoms with Crippen molar-refractivity contribution in [2.75, 3.05) is 0 Å². The minimum atomic E-state index is -0.145. The summed E-state index contributed by atoms with van der Waals surface area (Å²) >= 11 is 0. The Balaban J connectivity index is 1.88. The monoisotopic (exact) mass is 292 g/mol. The zero-order chi connectivity index (χ0) is 15.5. The summed E-state index contributed by atoms with van der Waals surface area (Å²) in [4.78, 5) is 0. The maximum absolute atomic E-state index is 14.5. The molecule has 3 rings (SSSR count). The van der Waals surface area contributed by atoms with Crippen molar-refractivity contribution in [1.82, 2.24) is 0 Å². The predicted octanol–water partition coefficient (Wildman–Crippen LogP) is 6.17. The third-order valence-electron chi connectivity index (χ3n) is 4.49. The van der Waals surface area contributed by atoms with Gasteiger partial charge in [-0.05, 0) is 54.9 Å². The molecule has 1 aliphatic carbocycles. The van der Waals surface area contributed by atoms with Crippen molar-refractivity contribution in [1.29, 1.82) is 0 Å². The van der Waals surface area contributed by atoms with Gasteiger partial charge in [0.25, 0.3) is 0 Å². The van der Waals surface area contributed by atoms with Crippen LogP contribution in [-0.2, 0) is 0 Å². The molecule has 0 nitrogen and oxygen atoms in total. The molecular weight excluding hydrogens is 271 g/mol. The average molecular weight is 292 g/mol. The Morgan fingerprint density at radius 1 is 1.09 bits per heavy atom. The van der Waals surface area contributed by atoms with E-state index in [9.17, 15) is 4.39 Å². The Morgan fingerprint density at radius 3 is 2.41 bits per heavy atom. The molecule has 0 fully saturated rings. The lowest BCUT2D eigenvalue weighted by molar-refractivity contribution is 0.592. The highest BCUT2D eigenvalue weighted by molar-refractivity contribution is 5.71. The summed E-state index contributed by atoms with van der Waals surface area (Å²) in [6.45, 7) is 5.90. The second-order valence-corrected chi connectivity index (χ2v) is 6.06. The van der Waals surface area contributed by atoms with Crippen molar-refractivity contribution in [3.05, 3.63) is 78.1 Å². The minimum absolute atomic E-state index is 0.145. The Kier molecular flexibility index (Phi) is 4.24. The van der Waals surface area contributed by atoms with Crippen LogP contribution in [0.2, 0.25) is 0 Å². The summed E-state index contributed by atoms with van der Waals surface area (Å²) in [5.41, 5.74) is 5.05. The maximum atomic E-state index is 14.5. The van der Waals surface area contributed by atoms with Gasteiger partial charge in [-0.3, -0.25) is 0 Å². The summed E-state index contributed by atoms with van der Waals surface area (Å²) in [5.74, 6) is 0.425. The second-order valence-electron chi connectivity index (χ2n) is 6.06. The summed E-state index contributed by atoms with van der Waals surface area (Å²) in [7, 11) is 0. The van der Waals surface area contributed by atoms with Gasteiger partial charge in [0.1, 0.15) is 5.82 Å². The lowest BCUT2D eigenvalue weighted by atomic mass is 9.86. The Bertz CT molecular complexity index is 707. The summed E-state index contributed by atoms with van der Waals surface area (Å²) in [5, 5.41) is 0. The molecule has 0 heterocycles. The number of rotatable bonds is 3. The van der Waals surface area contributed by atoms with E-state index < -0.39 is 0 Å². The highest BCUT2D eigenvalue weighted by Gasteiger charge is 2.14. The quantitative estimate of drug-likeness (QED) is 0.593. The van der Waals surface area contributed by atoms with Crippen LogP contribution in [0.15, 0.2) is 61.2 Å². The van der Waals surface area contributed by atoms with Crippen LogP contribution < -0.4 is 0 Å². The molecular formula is C21H21F. The standard InChI is InChI=1S/C21H21F/c1-3-16-6-10-17(11-7-16)19-12-13-20(21(22)14-19)18-8-4-15(2)5-9-18/h3-5,8-10,12-14,16H,1,6-7,11H2,2H3. The molecule has 112 valence electrons. The first-order valence-corrected chi connectivity index (χ1v) is 7.86. The van der Waals surface area contributed by atoms with Crippen LogP contribution in [0.3, 0.4) is 0 Å². The largest absolute Gasteiger partial charge is 0.206 e. The van der Waals surface area contributed by atoms with Gasteiger partial charge in [0.05, 0.1) is 0 Å². The van der Waals surface area contributed by atoms with Gasteiger partial charge < -0.3 is 0 Å². The van der Waals surface area contributed by atoms with Crippen LogP contribution in [0.4, 0.5) is 4.39 Å². The van der Waals surface area contributed by atoms with Gasteiger partial charge in [-0.1, -0.05) is 54.1 Å². The molecule has 2 aromatic carbocycles. The molecule has 1 heteroatoms. The molecule has 0 aromatic heterocycles. The molecule has 1 atom stereocenters. The van der Waals surface area contributed by atoms with Crippen LogP contribution >= 0.6 is 0 Å². The smallest absolute Gasteiger partial charge is 0.131 e. The van der Waals surface area contributed by atoms with Crippen molar-refractivity contribution < 1.29 is 4.39 Å². The SMILES string of the molecule is C=CC1CC=C(c2ccc(-c3ccc(C)cc3)c(F)c2)CC1.